The molecule has 1 N–H and O–H groups in total. The fourth-order valence-electron chi connectivity index (χ4n) is 7.01. The summed E-state index contributed by atoms with van der Waals surface area (Å²) in [5.41, 5.74) is 1.62. The smallest absolute Gasteiger partial charge is 0.155 e. The number of hydrogen-bond acceptors (Lipinski definition) is 2. The molecule has 4 aliphatic rings. The van der Waals surface area contributed by atoms with Crippen molar-refractivity contribution in [2.45, 2.75) is 65.4 Å². The summed E-state index contributed by atoms with van der Waals surface area (Å²) in [7, 11) is 0. The zero-order valence-electron chi connectivity index (χ0n) is 14.2. The number of ketones is 1. The van der Waals surface area contributed by atoms with Gasteiger partial charge in [0.05, 0.1) is 6.10 Å². The number of aliphatic hydroxyl groups excluding tert-OH is 1. The molecule has 0 spiro atoms. The van der Waals surface area contributed by atoms with Gasteiger partial charge in [0.25, 0.3) is 0 Å². The zero-order chi connectivity index (χ0) is 15.6. The highest BCUT2D eigenvalue weighted by Crippen LogP contribution is 2.63. The maximum absolute atomic E-state index is 12.0. The van der Waals surface area contributed by atoms with Gasteiger partial charge >= 0.3 is 0 Å². The van der Waals surface area contributed by atoms with Gasteiger partial charge in [-0.05, 0) is 79.1 Å². The minimum atomic E-state index is -0.0899. The lowest BCUT2D eigenvalue weighted by Gasteiger charge is -2.56. The molecule has 0 radical (unpaired) electrons. The Hall–Kier alpha value is -0.630. The number of aliphatic hydroxyl groups is 1. The van der Waals surface area contributed by atoms with Crippen molar-refractivity contribution in [2.24, 2.45) is 40.9 Å². The molecule has 0 amide bonds. The van der Waals surface area contributed by atoms with Crippen molar-refractivity contribution in [3.63, 3.8) is 0 Å². The summed E-state index contributed by atoms with van der Waals surface area (Å²) in [6.07, 6.45) is 8.40. The molecule has 22 heavy (non-hydrogen) atoms. The highest BCUT2D eigenvalue weighted by molar-refractivity contribution is 5.91. The topological polar surface area (TPSA) is 37.3 Å². The lowest BCUT2D eigenvalue weighted by molar-refractivity contribution is -0.118. The quantitative estimate of drug-likeness (QED) is 0.735. The van der Waals surface area contributed by atoms with Crippen molar-refractivity contribution in [1.82, 2.24) is 0 Å². The van der Waals surface area contributed by atoms with Crippen LogP contribution < -0.4 is 0 Å². The first kappa shape index (κ1) is 14.9. The normalized spacial score (nSPS) is 54.3. The summed E-state index contributed by atoms with van der Waals surface area (Å²) in [6, 6.07) is 0. The number of hydrogen-bond donors (Lipinski definition) is 1. The number of fused-ring (bicyclic) bond motifs is 5. The van der Waals surface area contributed by atoms with Crippen molar-refractivity contribution >= 4 is 5.78 Å². The lowest BCUT2D eigenvalue weighted by Crippen LogP contribution is -2.51. The minimum Gasteiger partial charge on any atom is -0.393 e. The van der Waals surface area contributed by atoms with Crippen molar-refractivity contribution in [1.29, 1.82) is 0 Å². The lowest BCUT2D eigenvalue weighted by atomic mass is 9.48. The predicted molar refractivity (Wildman–Crippen MR) is 87.2 cm³/mol. The second-order valence-corrected chi connectivity index (χ2v) is 9.06. The van der Waals surface area contributed by atoms with Gasteiger partial charge < -0.3 is 5.11 Å². The maximum Gasteiger partial charge on any atom is 0.155 e. The van der Waals surface area contributed by atoms with Gasteiger partial charge in [-0.3, -0.25) is 4.79 Å². The van der Waals surface area contributed by atoms with Crippen LogP contribution in [0.3, 0.4) is 0 Å². The molecule has 0 bridgehead atoms. The molecule has 2 nitrogen and oxygen atoms in total. The number of allylic oxidation sites excluding steroid dienone is 1. The van der Waals surface area contributed by atoms with Crippen LogP contribution in [0.5, 0.6) is 0 Å². The molecule has 0 aromatic rings. The Morgan fingerprint density at radius 3 is 2.68 bits per heavy atom. The second kappa shape index (κ2) is 4.93. The molecule has 3 fully saturated rings. The van der Waals surface area contributed by atoms with Gasteiger partial charge in [0, 0.05) is 6.42 Å². The zero-order valence-corrected chi connectivity index (χ0v) is 14.2. The third-order valence-corrected chi connectivity index (χ3v) is 7.92. The van der Waals surface area contributed by atoms with Gasteiger partial charge in [-0.25, -0.2) is 0 Å². The SMILES string of the molecule is C[C@@H]1CC(=O)C=C2C[C@@H](C)[C@@H]3[C@H](CC[C@]4(C)[C@@H](O)CC[C@@H]34)[C@H]21. The molecule has 4 aliphatic carbocycles. The van der Waals surface area contributed by atoms with E-state index in [1.807, 2.05) is 6.08 Å². The summed E-state index contributed by atoms with van der Waals surface area (Å²) in [5.74, 6) is 4.38. The van der Waals surface area contributed by atoms with Crippen molar-refractivity contribution < 1.29 is 9.90 Å². The van der Waals surface area contributed by atoms with Crippen LogP contribution in [0.2, 0.25) is 0 Å². The Kier molecular flexibility index (Phi) is 3.35. The van der Waals surface area contributed by atoms with Crippen LogP contribution in [-0.4, -0.2) is 17.0 Å². The summed E-state index contributed by atoms with van der Waals surface area (Å²) in [4.78, 5) is 12.0. The van der Waals surface area contributed by atoms with Crippen LogP contribution >= 0.6 is 0 Å². The Labute approximate surface area is 134 Å². The van der Waals surface area contributed by atoms with Gasteiger partial charge in [0.15, 0.2) is 5.78 Å². The average molecular weight is 302 g/mol. The Morgan fingerprint density at radius 2 is 1.91 bits per heavy atom. The van der Waals surface area contributed by atoms with Crippen molar-refractivity contribution in [3.05, 3.63) is 11.6 Å². The Morgan fingerprint density at radius 1 is 1.14 bits per heavy atom. The van der Waals surface area contributed by atoms with Crippen LogP contribution in [0.4, 0.5) is 0 Å². The molecule has 4 rings (SSSR count). The van der Waals surface area contributed by atoms with Gasteiger partial charge in [-0.1, -0.05) is 26.3 Å². The molecule has 0 saturated heterocycles. The van der Waals surface area contributed by atoms with Crippen LogP contribution in [-0.2, 0) is 4.79 Å². The van der Waals surface area contributed by atoms with E-state index in [9.17, 15) is 9.90 Å². The first-order valence-electron chi connectivity index (χ1n) is 9.33. The third kappa shape index (κ3) is 1.92. The minimum absolute atomic E-state index is 0.0899. The molecule has 122 valence electrons. The van der Waals surface area contributed by atoms with E-state index in [1.54, 1.807) is 0 Å². The van der Waals surface area contributed by atoms with Crippen LogP contribution in [0.1, 0.15) is 59.3 Å². The molecule has 0 heterocycles. The predicted octanol–water partition coefficient (Wildman–Crippen LogP) is 3.98. The number of carbonyl (C=O) groups excluding carboxylic acids is 1. The fraction of sp³-hybridized carbons (Fsp3) is 0.850. The highest BCUT2D eigenvalue weighted by Gasteiger charge is 2.58. The molecule has 3 saturated carbocycles. The summed E-state index contributed by atoms with van der Waals surface area (Å²) in [5, 5.41) is 10.5. The van der Waals surface area contributed by atoms with E-state index in [-0.39, 0.29) is 11.5 Å². The van der Waals surface area contributed by atoms with E-state index in [2.05, 4.69) is 20.8 Å². The molecular formula is C20H30O2. The molecular weight excluding hydrogens is 272 g/mol. The monoisotopic (exact) mass is 302 g/mol. The largest absolute Gasteiger partial charge is 0.393 e. The van der Waals surface area contributed by atoms with E-state index in [0.717, 1.165) is 31.1 Å². The third-order valence-electron chi connectivity index (χ3n) is 7.92. The van der Waals surface area contributed by atoms with E-state index in [1.165, 1.54) is 24.8 Å². The van der Waals surface area contributed by atoms with Crippen molar-refractivity contribution in [3.8, 4) is 0 Å². The van der Waals surface area contributed by atoms with E-state index in [0.29, 0.717) is 29.5 Å². The molecule has 8 atom stereocenters. The second-order valence-electron chi connectivity index (χ2n) is 9.06. The van der Waals surface area contributed by atoms with E-state index in [4.69, 9.17) is 0 Å². The van der Waals surface area contributed by atoms with Gasteiger partial charge in [0.1, 0.15) is 0 Å². The van der Waals surface area contributed by atoms with Crippen LogP contribution in [0, 0.1) is 40.9 Å². The number of rotatable bonds is 0. The maximum atomic E-state index is 12.0. The van der Waals surface area contributed by atoms with Gasteiger partial charge in [0.2, 0.25) is 0 Å². The standard InChI is InChI=1S/C20H30O2/c1-11-8-13-10-14(21)9-12(2)18(13)15-6-7-20(3)16(19(11)15)4-5-17(20)22/h10-12,15-19,22H,4-9H2,1-3H3/t11-,12-,15-,16+,17+,18+,19-,20+/m1/s1. The average Bonchev–Trinajstić information content (AvgIpc) is 2.74. The Balaban J connectivity index is 1.71. The molecule has 0 unspecified atom stereocenters. The summed E-state index contributed by atoms with van der Waals surface area (Å²) < 4.78 is 0. The fourth-order valence-corrected chi connectivity index (χ4v) is 7.01. The van der Waals surface area contributed by atoms with E-state index < -0.39 is 0 Å². The van der Waals surface area contributed by atoms with Crippen LogP contribution in [0.15, 0.2) is 11.6 Å². The molecule has 0 aromatic carbocycles. The molecule has 0 aromatic heterocycles. The van der Waals surface area contributed by atoms with Gasteiger partial charge in [-0.2, -0.15) is 0 Å². The van der Waals surface area contributed by atoms with E-state index >= 15 is 0 Å². The Bertz CT molecular complexity index is 522. The summed E-state index contributed by atoms with van der Waals surface area (Å²) >= 11 is 0. The van der Waals surface area contributed by atoms with Crippen molar-refractivity contribution in [2.75, 3.05) is 0 Å². The highest BCUT2D eigenvalue weighted by atomic mass is 16.3. The summed E-state index contributed by atoms with van der Waals surface area (Å²) in [6.45, 7) is 7.03. The van der Waals surface area contributed by atoms with Gasteiger partial charge in [-0.15, -0.1) is 0 Å². The number of carbonyl (C=O) groups is 1. The first-order chi connectivity index (χ1) is 10.4. The van der Waals surface area contributed by atoms with Crippen LogP contribution in [0.25, 0.3) is 0 Å². The first-order valence-corrected chi connectivity index (χ1v) is 9.33. The molecule has 2 heteroatoms. The molecule has 0 aliphatic heterocycles.